The quantitative estimate of drug-likeness (QED) is 0.644. The van der Waals surface area contributed by atoms with Crippen molar-refractivity contribution in [1.82, 2.24) is 0 Å². The summed E-state index contributed by atoms with van der Waals surface area (Å²) in [5, 5.41) is 11.8. The molecule has 1 aromatic rings. The number of thioether (sulfide) groups is 1. The fraction of sp³-hybridized carbons (Fsp3) is 0.231. The lowest BCUT2D eigenvalue weighted by Crippen LogP contribution is -2.15. The molecule has 102 valence electrons. The molecule has 0 saturated heterocycles. The highest BCUT2D eigenvalue weighted by molar-refractivity contribution is 8.04. The van der Waals surface area contributed by atoms with E-state index >= 15 is 0 Å². The normalized spacial score (nSPS) is 11.7. The summed E-state index contributed by atoms with van der Waals surface area (Å²) in [6.07, 6.45) is 0. The number of nitrogens with one attached hydrogen (secondary N) is 1. The number of benzene rings is 1. The molecule has 1 rings (SSSR count). The van der Waals surface area contributed by atoms with Gasteiger partial charge in [-0.25, -0.2) is 4.39 Å². The molecule has 0 bridgehead atoms. The Bertz CT molecular complexity index is 507. The second kappa shape index (κ2) is 6.94. The molecule has 6 heteroatoms. The van der Waals surface area contributed by atoms with Gasteiger partial charge in [0.2, 0.25) is 5.91 Å². The van der Waals surface area contributed by atoms with Gasteiger partial charge in [0.05, 0.1) is 10.7 Å². The van der Waals surface area contributed by atoms with Crippen LogP contribution in [0, 0.1) is 5.82 Å². The van der Waals surface area contributed by atoms with Crippen molar-refractivity contribution in [1.29, 1.82) is 0 Å². The largest absolute Gasteiger partial charge is 0.511 e. The third-order valence-corrected chi connectivity index (χ3v) is 3.40. The first-order valence-electron chi connectivity index (χ1n) is 5.49. The maximum absolute atomic E-state index is 12.7. The number of hydrogen-bond acceptors (Lipinski definition) is 4. The van der Waals surface area contributed by atoms with Crippen molar-refractivity contribution in [3.05, 3.63) is 40.7 Å². The summed E-state index contributed by atoms with van der Waals surface area (Å²) in [6.45, 7) is 2.71. The molecule has 4 nitrogen and oxygen atoms in total. The van der Waals surface area contributed by atoms with Crippen molar-refractivity contribution >= 4 is 29.1 Å². The zero-order valence-electron chi connectivity index (χ0n) is 10.6. The number of aliphatic hydroxyl groups is 1. The van der Waals surface area contributed by atoms with Gasteiger partial charge in [-0.1, -0.05) is 0 Å². The van der Waals surface area contributed by atoms with E-state index in [1.54, 1.807) is 0 Å². The van der Waals surface area contributed by atoms with Crippen LogP contribution < -0.4 is 5.32 Å². The van der Waals surface area contributed by atoms with Crippen LogP contribution in [0.3, 0.4) is 0 Å². The Morgan fingerprint density at radius 1 is 1.26 bits per heavy atom. The van der Waals surface area contributed by atoms with Crippen LogP contribution in [0.15, 0.2) is 34.9 Å². The minimum absolute atomic E-state index is 0.00973. The third-order valence-electron chi connectivity index (χ3n) is 2.12. The van der Waals surface area contributed by atoms with Crippen molar-refractivity contribution in [2.24, 2.45) is 0 Å². The Hall–Kier alpha value is -1.82. The van der Waals surface area contributed by atoms with Crippen LogP contribution in [0.4, 0.5) is 10.1 Å². The standard InChI is InChI=1S/C13H14FNO3S/c1-8(16)13(9(2)17)19-7-12(18)15-11-5-3-10(14)4-6-11/h3-6,16H,7H2,1-2H3,(H,15,18)/b13-8-. The molecule has 0 saturated carbocycles. The first kappa shape index (κ1) is 15.2. The summed E-state index contributed by atoms with van der Waals surface area (Å²) in [5.41, 5.74) is 0.473. The van der Waals surface area contributed by atoms with Gasteiger partial charge in [-0.3, -0.25) is 9.59 Å². The SMILES string of the molecule is CC(=O)/C(SCC(=O)Nc1ccc(F)cc1)=C(\C)O. The first-order valence-corrected chi connectivity index (χ1v) is 6.47. The predicted octanol–water partition coefficient (Wildman–Crippen LogP) is 2.88. The zero-order chi connectivity index (χ0) is 14.4. The average molecular weight is 283 g/mol. The van der Waals surface area contributed by atoms with Gasteiger partial charge in [0, 0.05) is 5.69 Å². The van der Waals surface area contributed by atoms with Gasteiger partial charge < -0.3 is 10.4 Å². The number of amides is 1. The smallest absolute Gasteiger partial charge is 0.234 e. The second-order valence-corrected chi connectivity index (χ2v) is 4.80. The molecule has 0 atom stereocenters. The van der Waals surface area contributed by atoms with Gasteiger partial charge in [0.1, 0.15) is 11.6 Å². The summed E-state index contributed by atoms with van der Waals surface area (Å²) < 4.78 is 12.7. The Labute approximate surface area is 114 Å². The highest BCUT2D eigenvalue weighted by Gasteiger charge is 2.11. The molecule has 0 aromatic heterocycles. The summed E-state index contributed by atoms with van der Waals surface area (Å²) in [5.74, 6) is -1.13. The van der Waals surface area contributed by atoms with Crippen molar-refractivity contribution in [2.75, 3.05) is 11.1 Å². The number of anilines is 1. The van der Waals surface area contributed by atoms with E-state index in [-0.39, 0.29) is 33.9 Å². The molecule has 0 spiro atoms. The molecular formula is C13H14FNO3S. The second-order valence-electron chi connectivity index (χ2n) is 3.81. The highest BCUT2D eigenvalue weighted by atomic mass is 32.2. The van der Waals surface area contributed by atoms with Gasteiger partial charge in [-0.2, -0.15) is 0 Å². The van der Waals surface area contributed by atoms with Gasteiger partial charge in [-0.15, -0.1) is 11.8 Å². The Morgan fingerprint density at radius 3 is 2.32 bits per heavy atom. The summed E-state index contributed by atoms with van der Waals surface area (Å²) in [6, 6.07) is 5.36. The number of ketones is 1. The van der Waals surface area contributed by atoms with Crippen LogP contribution >= 0.6 is 11.8 Å². The fourth-order valence-electron chi connectivity index (χ4n) is 1.33. The van der Waals surface area contributed by atoms with Crippen molar-refractivity contribution in [3.63, 3.8) is 0 Å². The Kier molecular flexibility index (Phi) is 5.57. The molecule has 0 radical (unpaired) electrons. The van der Waals surface area contributed by atoms with Crippen LogP contribution in [0.5, 0.6) is 0 Å². The molecule has 0 aliphatic carbocycles. The maximum Gasteiger partial charge on any atom is 0.234 e. The van der Waals surface area contributed by atoms with Gasteiger partial charge in [0.25, 0.3) is 0 Å². The van der Waals surface area contributed by atoms with Crippen LogP contribution in [0.1, 0.15) is 13.8 Å². The van der Waals surface area contributed by atoms with E-state index in [1.807, 2.05) is 0 Å². The van der Waals surface area contributed by atoms with E-state index in [9.17, 15) is 19.1 Å². The number of carbonyl (C=O) groups is 2. The molecular weight excluding hydrogens is 269 g/mol. The molecule has 2 N–H and O–H groups in total. The number of halogens is 1. The van der Waals surface area contributed by atoms with Crippen molar-refractivity contribution in [2.45, 2.75) is 13.8 Å². The number of rotatable bonds is 5. The lowest BCUT2D eigenvalue weighted by molar-refractivity contribution is -0.114. The summed E-state index contributed by atoms with van der Waals surface area (Å²) in [4.78, 5) is 22.9. The van der Waals surface area contributed by atoms with E-state index in [0.29, 0.717) is 5.69 Å². The molecule has 0 aliphatic rings. The number of hydrogen-bond donors (Lipinski definition) is 2. The van der Waals surface area contributed by atoms with Gasteiger partial charge >= 0.3 is 0 Å². The van der Waals surface area contributed by atoms with Crippen molar-refractivity contribution in [3.8, 4) is 0 Å². The number of aliphatic hydroxyl groups excluding tert-OH is 1. The van der Waals surface area contributed by atoms with E-state index < -0.39 is 0 Å². The van der Waals surface area contributed by atoms with Crippen LogP contribution in [-0.4, -0.2) is 22.5 Å². The van der Waals surface area contributed by atoms with Crippen LogP contribution in [0.2, 0.25) is 0 Å². The molecule has 1 amide bonds. The van der Waals surface area contributed by atoms with E-state index in [4.69, 9.17) is 0 Å². The molecule has 0 fully saturated rings. The summed E-state index contributed by atoms with van der Waals surface area (Å²) >= 11 is 0.962. The Balaban J connectivity index is 2.55. The lowest BCUT2D eigenvalue weighted by Gasteiger charge is -2.06. The fourth-order valence-corrected chi connectivity index (χ4v) is 2.09. The third kappa shape index (κ3) is 5.13. The number of allylic oxidation sites excluding steroid dienone is 2. The minimum Gasteiger partial charge on any atom is -0.511 e. The lowest BCUT2D eigenvalue weighted by atomic mass is 10.3. The molecule has 1 aromatic carbocycles. The van der Waals surface area contributed by atoms with Gasteiger partial charge in [0.15, 0.2) is 5.78 Å². The van der Waals surface area contributed by atoms with Crippen molar-refractivity contribution < 1.29 is 19.1 Å². The minimum atomic E-state index is -0.384. The van der Waals surface area contributed by atoms with E-state index in [0.717, 1.165) is 11.8 Å². The Morgan fingerprint density at radius 2 is 1.84 bits per heavy atom. The number of Topliss-reactive ketones (excluding diaryl/α,β-unsaturated/α-hetero) is 1. The zero-order valence-corrected chi connectivity index (χ0v) is 11.4. The molecule has 0 unspecified atom stereocenters. The molecule has 0 aliphatic heterocycles. The molecule has 19 heavy (non-hydrogen) atoms. The maximum atomic E-state index is 12.7. The highest BCUT2D eigenvalue weighted by Crippen LogP contribution is 2.20. The van der Waals surface area contributed by atoms with Gasteiger partial charge in [-0.05, 0) is 38.1 Å². The van der Waals surface area contributed by atoms with E-state index in [2.05, 4.69) is 5.32 Å². The first-order chi connectivity index (χ1) is 8.90. The topological polar surface area (TPSA) is 66.4 Å². The summed E-state index contributed by atoms with van der Waals surface area (Å²) in [7, 11) is 0. The predicted molar refractivity (Wildman–Crippen MR) is 73.5 cm³/mol. The monoisotopic (exact) mass is 283 g/mol. The van der Waals surface area contributed by atoms with E-state index in [1.165, 1.54) is 38.1 Å². The average Bonchev–Trinajstić information content (AvgIpc) is 2.31. The van der Waals surface area contributed by atoms with Crippen LogP contribution in [-0.2, 0) is 9.59 Å². The number of carbonyl (C=O) groups excluding carboxylic acids is 2. The molecule has 0 heterocycles. The van der Waals surface area contributed by atoms with Crippen LogP contribution in [0.25, 0.3) is 0 Å².